The van der Waals surface area contributed by atoms with Crippen LogP contribution in [-0.2, 0) is 0 Å². The molecule has 0 atom stereocenters. The fraction of sp³-hybridized carbons (Fsp3) is 0. The van der Waals surface area contributed by atoms with E-state index in [-0.39, 0.29) is 21.0 Å². The van der Waals surface area contributed by atoms with Gasteiger partial charge >= 0.3 is 5.97 Å². The minimum absolute atomic E-state index is 0.0601. The summed E-state index contributed by atoms with van der Waals surface area (Å²) in [4.78, 5) is 22.3. The van der Waals surface area contributed by atoms with Gasteiger partial charge in [0.05, 0.1) is 15.4 Å². The Morgan fingerprint density at radius 2 is 2.00 bits per heavy atom. The van der Waals surface area contributed by atoms with E-state index in [0.29, 0.717) is 0 Å². The zero-order valence-corrected chi connectivity index (χ0v) is 9.17. The number of hydrogen-bond acceptors (Lipinski definition) is 3. The Bertz CT molecular complexity index is 645. The topological polar surface area (TPSA) is 67.5 Å². The Kier molecular flexibility index (Phi) is 2.61. The maximum atomic E-state index is 11.6. The molecule has 1 N–H and O–H groups in total. The molecule has 6 heteroatoms. The lowest BCUT2D eigenvalue weighted by Crippen LogP contribution is -2.06. The molecule has 0 spiro atoms. The molecule has 0 unspecified atom stereocenters. The summed E-state index contributed by atoms with van der Waals surface area (Å²) in [6.45, 7) is 0. The van der Waals surface area contributed by atoms with Crippen molar-refractivity contribution in [1.82, 2.24) is 0 Å². The number of rotatable bonds is 1. The minimum Gasteiger partial charge on any atom is -0.475 e. The van der Waals surface area contributed by atoms with Crippen LogP contribution in [0.1, 0.15) is 10.6 Å². The van der Waals surface area contributed by atoms with E-state index in [1.54, 1.807) is 0 Å². The van der Waals surface area contributed by atoms with E-state index < -0.39 is 17.2 Å². The fourth-order valence-corrected chi connectivity index (χ4v) is 1.70. The molecule has 0 radical (unpaired) electrons. The van der Waals surface area contributed by atoms with Gasteiger partial charge in [-0.2, -0.15) is 0 Å². The van der Waals surface area contributed by atoms with Crippen molar-refractivity contribution in [1.29, 1.82) is 0 Å². The largest absolute Gasteiger partial charge is 0.475 e. The normalized spacial score (nSPS) is 10.6. The van der Waals surface area contributed by atoms with Crippen molar-refractivity contribution >= 4 is 40.1 Å². The first-order valence-electron chi connectivity index (χ1n) is 4.16. The second-order valence-electron chi connectivity index (χ2n) is 3.01. The Labute approximate surface area is 99.0 Å². The smallest absolute Gasteiger partial charge is 0.371 e. The number of hydrogen-bond donors (Lipinski definition) is 1. The lowest BCUT2D eigenvalue weighted by Gasteiger charge is -2.01. The van der Waals surface area contributed by atoms with Gasteiger partial charge in [0.25, 0.3) is 0 Å². The minimum atomic E-state index is -1.31. The van der Waals surface area contributed by atoms with Crippen LogP contribution in [-0.4, -0.2) is 11.1 Å². The van der Waals surface area contributed by atoms with Crippen LogP contribution in [0.2, 0.25) is 10.0 Å². The number of benzene rings is 1. The fourth-order valence-electron chi connectivity index (χ4n) is 1.29. The van der Waals surface area contributed by atoms with Gasteiger partial charge in [-0.05, 0) is 12.1 Å². The van der Waals surface area contributed by atoms with Crippen LogP contribution in [0.3, 0.4) is 0 Å². The van der Waals surface area contributed by atoms with E-state index in [0.717, 1.165) is 6.07 Å². The van der Waals surface area contributed by atoms with Crippen molar-refractivity contribution in [3.05, 3.63) is 44.2 Å². The standard InChI is InChI=1S/C10H4Cl2O4/c11-4-1-2-6-8(9(4)12)5(13)3-7(16-6)10(14)15/h1-3H,(H,14,15). The molecule has 1 aromatic carbocycles. The van der Waals surface area contributed by atoms with Crippen LogP contribution in [0.4, 0.5) is 0 Å². The molecule has 2 rings (SSSR count). The molecule has 4 nitrogen and oxygen atoms in total. The zero-order valence-electron chi connectivity index (χ0n) is 7.66. The van der Waals surface area contributed by atoms with Crippen LogP contribution < -0.4 is 5.43 Å². The Morgan fingerprint density at radius 3 is 2.62 bits per heavy atom. The van der Waals surface area contributed by atoms with Gasteiger partial charge < -0.3 is 9.52 Å². The predicted molar refractivity (Wildman–Crippen MR) is 59.5 cm³/mol. The summed E-state index contributed by atoms with van der Waals surface area (Å²) in [7, 11) is 0. The van der Waals surface area contributed by atoms with Crippen molar-refractivity contribution in [2.45, 2.75) is 0 Å². The predicted octanol–water partition coefficient (Wildman–Crippen LogP) is 2.80. The number of carboxylic acid groups (broad SMARTS) is 1. The summed E-state index contributed by atoms with van der Waals surface area (Å²) in [5.74, 6) is -1.75. The molecular formula is C10H4Cl2O4. The lowest BCUT2D eigenvalue weighted by atomic mass is 10.2. The summed E-state index contributed by atoms with van der Waals surface area (Å²) in [5, 5.41) is 9.06. The molecule has 1 heterocycles. The van der Waals surface area contributed by atoms with Crippen molar-refractivity contribution < 1.29 is 14.3 Å². The van der Waals surface area contributed by atoms with Gasteiger partial charge in [0.2, 0.25) is 5.76 Å². The van der Waals surface area contributed by atoms with Crippen LogP contribution in [0, 0.1) is 0 Å². The second-order valence-corrected chi connectivity index (χ2v) is 3.80. The van der Waals surface area contributed by atoms with Crippen LogP contribution >= 0.6 is 23.2 Å². The Morgan fingerprint density at radius 1 is 1.31 bits per heavy atom. The van der Waals surface area contributed by atoms with Crippen molar-refractivity contribution in [3.63, 3.8) is 0 Å². The molecule has 0 bridgehead atoms. The van der Waals surface area contributed by atoms with Crippen LogP contribution in [0.5, 0.6) is 0 Å². The summed E-state index contributed by atoms with van der Waals surface area (Å²) < 4.78 is 5.00. The molecule has 0 fully saturated rings. The van der Waals surface area contributed by atoms with Gasteiger partial charge in [-0.25, -0.2) is 4.79 Å². The number of carboxylic acids is 1. The second kappa shape index (κ2) is 3.81. The van der Waals surface area contributed by atoms with Crippen LogP contribution in [0.25, 0.3) is 11.0 Å². The molecular weight excluding hydrogens is 255 g/mol. The van der Waals surface area contributed by atoms with Crippen molar-refractivity contribution in [2.75, 3.05) is 0 Å². The number of carbonyl (C=O) groups is 1. The molecule has 0 amide bonds. The van der Waals surface area contributed by atoms with E-state index in [4.69, 9.17) is 32.7 Å². The monoisotopic (exact) mass is 258 g/mol. The average Bonchev–Trinajstić information content (AvgIpc) is 2.22. The molecule has 2 aromatic rings. The molecule has 0 saturated carbocycles. The maximum Gasteiger partial charge on any atom is 0.371 e. The van der Waals surface area contributed by atoms with E-state index in [1.807, 2.05) is 0 Å². The molecule has 16 heavy (non-hydrogen) atoms. The SMILES string of the molecule is O=C(O)c1cc(=O)c2c(Cl)c(Cl)ccc2o1. The number of aromatic carboxylic acids is 1. The van der Waals surface area contributed by atoms with Crippen LogP contribution in [0.15, 0.2) is 27.4 Å². The first-order valence-corrected chi connectivity index (χ1v) is 4.91. The number of halogens is 2. The summed E-state index contributed by atoms with van der Waals surface area (Å²) in [6.07, 6.45) is 0. The summed E-state index contributed by atoms with van der Waals surface area (Å²) in [6, 6.07) is 3.70. The van der Waals surface area contributed by atoms with Gasteiger partial charge in [-0.3, -0.25) is 4.79 Å². The summed E-state index contributed by atoms with van der Waals surface area (Å²) >= 11 is 11.6. The Hall–Kier alpha value is -1.52. The highest BCUT2D eigenvalue weighted by molar-refractivity contribution is 6.45. The lowest BCUT2D eigenvalue weighted by molar-refractivity contribution is 0.0663. The van der Waals surface area contributed by atoms with Gasteiger partial charge in [-0.15, -0.1) is 0 Å². The van der Waals surface area contributed by atoms with Crippen molar-refractivity contribution in [3.8, 4) is 0 Å². The van der Waals surface area contributed by atoms with E-state index in [1.165, 1.54) is 12.1 Å². The summed E-state index contributed by atoms with van der Waals surface area (Å²) in [5.41, 5.74) is -0.439. The van der Waals surface area contributed by atoms with E-state index in [2.05, 4.69) is 0 Å². The molecule has 82 valence electrons. The highest BCUT2D eigenvalue weighted by atomic mass is 35.5. The van der Waals surface area contributed by atoms with Gasteiger partial charge in [-0.1, -0.05) is 23.2 Å². The average molecular weight is 259 g/mol. The Balaban J connectivity index is 2.92. The first kappa shape index (κ1) is 11.0. The third kappa shape index (κ3) is 1.66. The van der Waals surface area contributed by atoms with Gasteiger partial charge in [0.15, 0.2) is 5.43 Å². The third-order valence-electron chi connectivity index (χ3n) is 2.00. The van der Waals surface area contributed by atoms with Crippen molar-refractivity contribution in [2.24, 2.45) is 0 Å². The van der Waals surface area contributed by atoms with Gasteiger partial charge in [0, 0.05) is 6.07 Å². The molecule has 0 saturated heterocycles. The molecule has 0 aliphatic heterocycles. The molecule has 0 aliphatic rings. The molecule has 1 aromatic heterocycles. The third-order valence-corrected chi connectivity index (χ3v) is 2.80. The highest BCUT2D eigenvalue weighted by Crippen LogP contribution is 2.28. The molecule has 0 aliphatic carbocycles. The highest BCUT2D eigenvalue weighted by Gasteiger charge is 2.14. The first-order chi connectivity index (χ1) is 7.50. The maximum absolute atomic E-state index is 11.6. The number of fused-ring (bicyclic) bond motifs is 1. The van der Waals surface area contributed by atoms with Gasteiger partial charge in [0.1, 0.15) is 5.58 Å². The quantitative estimate of drug-likeness (QED) is 0.854. The zero-order chi connectivity index (χ0) is 11.9. The van der Waals surface area contributed by atoms with E-state index in [9.17, 15) is 9.59 Å². The van der Waals surface area contributed by atoms with E-state index >= 15 is 0 Å².